The first-order valence-electron chi connectivity index (χ1n) is 10.9. The number of hydrogen-bond acceptors (Lipinski definition) is 7. The number of hydrogen-bond donors (Lipinski definition) is 1. The smallest absolute Gasteiger partial charge is 0.290 e. The fourth-order valence-corrected chi connectivity index (χ4v) is 3.91. The van der Waals surface area contributed by atoms with Gasteiger partial charge in [0.05, 0.1) is 6.61 Å². The Kier molecular flexibility index (Phi) is 5.55. The average Bonchev–Trinajstić information content (AvgIpc) is 3.40. The molecule has 0 aliphatic heterocycles. The van der Waals surface area contributed by atoms with Crippen molar-refractivity contribution in [1.29, 1.82) is 0 Å². The lowest BCUT2D eigenvalue weighted by Gasteiger charge is -2.33. The number of benzene rings is 1. The van der Waals surface area contributed by atoms with Crippen LogP contribution < -0.4 is 5.32 Å². The summed E-state index contributed by atoms with van der Waals surface area (Å²) in [5.74, 6) is 1.92. The van der Waals surface area contributed by atoms with Crippen molar-refractivity contribution in [3.05, 3.63) is 53.9 Å². The van der Waals surface area contributed by atoms with Gasteiger partial charge in [-0.15, -0.1) is 10.2 Å². The maximum Gasteiger partial charge on any atom is 0.290 e. The Bertz CT molecular complexity index is 1020. The first-order valence-corrected chi connectivity index (χ1v) is 10.9. The van der Waals surface area contributed by atoms with E-state index in [0.717, 1.165) is 25.0 Å². The van der Waals surface area contributed by atoms with E-state index in [1.54, 1.807) is 6.07 Å². The molecule has 2 aromatic heterocycles. The van der Waals surface area contributed by atoms with Crippen LogP contribution in [0, 0.1) is 5.92 Å². The van der Waals surface area contributed by atoms with Gasteiger partial charge in [0.25, 0.3) is 5.91 Å². The van der Waals surface area contributed by atoms with E-state index in [4.69, 9.17) is 13.7 Å². The third kappa shape index (κ3) is 4.39. The maximum atomic E-state index is 12.5. The van der Waals surface area contributed by atoms with Gasteiger partial charge in [-0.2, -0.15) is 0 Å². The molecule has 0 spiro atoms. The summed E-state index contributed by atoms with van der Waals surface area (Å²) in [6.45, 7) is 2.70. The van der Waals surface area contributed by atoms with Crippen LogP contribution in [0.4, 0.5) is 0 Å². The Labute approximate surface area is 180 Å². The van der Waals surface area contributed by atoms with E-state index in [0.29, 0.717) is 23.4 Å². The van der Waals surface area contributed by atoms with E-state index >= 15 is 0 Å². The normalized spacial score (nSPS) is 21.8. The summed E-state index contributed by atoms with van der Waals surface area (Å²) < 4.78 is 16.9. The van der Waals surface area contributed by atoms with Gasteiger partial charge >= 0.3 is 0 Å². The molecule has 2 heterocycles. The molecule has 2 aliphatic rings. The molecule has 162 valence electrons. The maximum absolute atomic E-state index is 12.5. The molecule has 1 N–H and O–H groups in total. The van der Waals surface area contributed by atoms with Gasteiger partial charge < -0.3 is 19.0 Å². The van der Waals surface area contributed by atoms with E-state index in [-0.39, 0.29) is 29.7 Å². The lowest BCUT2D eigenvalue weighted by atomic mass is 9.80. The van der Waals surface area contributed by atoms with Gasteiger partial charge in [-0.05, 0) is 38.5 Å². The molecule has 2 fully saturated rings. The summed E-state index contributed by atoms with van der Waals surface area (Å²) in [5, 5.41) is 15.3. The van der Waals surface area contributed by atoms with Crippen molar-refractivity contribution in [3.63, 3.8) is 0 Å². The van der Waals surface area contributed by atoms with Gasteiger partial charge in [0, 0.05) is 23.6 Å². The fraction of sp³-hybridized carbons (Fsp3) is 0.478. The summed E-state index contributed by atoms with van der Waals surface area (Å²) in [6, 6.07) is 11.3. The Hall–Kier alpha value is -3.00. The summed E-state index contributed by atoms with van der Waals surface area (Å²) in [5.41, 5.74) is 1.55. The van der Waals surface area contributed by atoms with Crippen molar-refractivity contribution in [1.82, 2.24) is 20.7 Å². The van der Waals surface area contributed by atoms with E-state index in [2.05, 4.69) is 20.7 Å². The van der Waals surface area contributed by atoms with E-state index in [9.17, 15) is 4.79 Å². The second kappa shape index (κ2) is 8.63. The molecule has 0 saturated heterocycles. The Balaban J connectivity index is 1.10. The number of rotatable bonds is 8. The highest BCUT2D eigenvalue weighted by atomic mass is 16.5. The topological polar surface area (TPSA) is 103 Å². The summed E-state index contributed by atoms with van der Waals surface area (Å²) in [7, 11) is 0. The van der Waals surface area contributed by atoms with Gasteiger partial charge in [-0.3, -0.25) is 4.79 Å². The van der Waals surface area contributed by atoms with Crippen LogP contribution in [0.3, 0.4) is 0 Å². The molecule has 0 radical (unpaired) electrons. The highest BCUT2D eigenvalue weighted by Gasteiger charge is 2.36. The molecule has 1 aromatic carbocycles. The van der Waals surface area contributed by atoms with Crippen molar-refractivity contribution < 1.29 is 18.5 Å². The molecule has 2 aliphatic carbocycles. The van der Waals surface area contributed by atoms with Gasteiger partial charge in [0.1, 0.15) is 11.8 Å². The van der Waals surface area contributed by atoms with Crippen LogP contribution in [0.2, 0.25) is 0 Å². The van der Waals surface area contributed by atoms with E-state index in [1.165, 1.54) is 19.3 Å². The number of amides is 1. The first-order chi connectivity index (χ1) is 15.2. The van der Waals surface area contributed by atoms with Crippen LogP contribution in [0.25, 0.3) is 11.3 Å². The van der Waals surface area contributed by atoms with Gasteiger partial charge in [0.2, 0.25) is 17.5 Å². The molecule has 1 atom stereocenters. The van der Waals surface area contributed by atoms with E-state index in [1.807, 2.05) is 37.3 Å². The predicted molar refractivity (Wildman–Crippen MR) is 111 cm³/mol. The van der Waals surface area contributed by atoms with Crippen LogP contribution in [0.1, 0.15) is 73.4 Å². The molecular weight excluding hydrogens is 396 g/mol. The Morgan fingerprint density at radius 2 is 2.03 bits per heavy atom. The zero-order valence-corrected chi connectivity index (χ0v) is 17.5. The highest BCUT2D eigenvalue weighted by Crippen LogP contribution is 2.37. The summed E-state index contributed by atoms with van der Waals surface area (Å²) in [4.78, 5) is 12.5. The average molecular weight is 422 g/mol. The van der Waals surface area contributed by atoms with Crippen LogP contribution in [-0.2, 0) is 4.74 Å². The number of carbonyl (C=O) groups excluding carboxylic acids is 1. The quantitative estimate of drug-likeness (QED) is 0.578. The highest BCUT2D eigenvalue weighted by molar-refractivity contribution is 5.92. The zero-order chi connectivity index (χ0) is 21.2. The minimum absolute atomic E-state index is 0.0467. The second-order valence-corrected chi connectivity index (χ2v) is 8.53. The number of nitrogens with zero attached hydrogens (tertiary/aromatic N) is 3. The van der Waals surface area contributed by atoms with Crippen LogP contribution in [-0.4, -0.2) is 33.9 Å². The molecule has 8 nitrogen and oxygen atoms in total. The zero-order valence-electron chi connectivity index (χ0n) is 17.5. The molecule has 0 bridgehead atoms. The largest absolute Gasteiger partial charge is 0.422 e. The molecule has 3 aromatic rings. The van der Waals surface area contributed by atoms with Crippen LogP contribution in [0.15, 0.2) is 45.3 Å². The predicted octanol–water partition coefficient (Wildman–Crippen LogP) is 4.28. The summed E-state index contributed by atoms with van der Waals surface area (Å²) >= 11 is 0. The van der Waals surface area contributed by atoms with E-state index < -0.39 is 0 Å². The van der Waals surface area contributed by atoms with Crippen molar-refractivity contribution in [3.8, 4) is 11.3 Å². The second-order valence-electron chi connectivity index (χ2n) is 8.53. The van der Waals surface area contributed by atoms with Crippen molar-refractivity contribution in [2.45, 2.75) is 57.1 Å². The lowest BCUT2D eigenvalue weighted by Crippen LogP contribution is -2.43. The minimum atomic E-state index is -0.262. The number of aromatic nitrogens is 3. The van der Waals surface area contributed by atoms with Gasteiger partial charge in [0.15, 0.2) is 0 Å². The van der Waals surface area contributed by atoms with Crippen molar-refractivity contribution >= 4 is 5.91 Å². The molecule has 5 rings (SSSR count). The SMILES string of the molecule is CC(OCC1CCC1)c1nnc([C@H]2C[C@H](NC(=O)c3cc(-c4ccccc4)no3)C2)o1. The molecule has 8 heteroatoms. The van der Waals surface area contributed by atoms with Crippen molar-refractivity contribution in [2.24, 2.45) is 5.92 Å². The first kappa shape index (κ1) is 19.9. The lowest BCUT2D eigenvalue weighted by molar-refractivity contribution is 0.00504. The molecule has 2 saturated carbocycles. The Morgan fingerprint density at radius 3 is 2.77 bits per heavy atom. The van der Waals surface area contributed by atoms with Crippen LogP contribution >= 0.6 is 0 Å². The monoisotopic (exact) mass is 422 g/mol. The van der Waals surface area contributed by atoms with Crippen LogP contribution in [0.5, 0.6) is 0 Å². The third-order valence-corrected chi connectivity index (χ3v) is 6.24. The standard InChI is InChI=1S/C23H26N4O4/c1-14(29-13-15-6-5-7-15)22-25-26-23(30-22)17-10-18(11-17)24-21(28)20-12-19(27-31-20)16-8-3-2-4-9-16/h2-4,8-9,12,14-15,17-18H,5-7,10-11,13H2,1H3,(H,24,28)/t14?,17-,18-. The molecule has 1 amide bonds. The van der Waals surface area contributed by atoms with Crippen molar-refractivity contribution in [2.75, 3.05) is 6.61 Å². The number of nitrogens with one attached hydrogen (secondary N) is 1. The third-order valence-electron chi connectivity index (χ3n) is 6.24. The summed E-state index contributed by atoms with van der Waals surface area (Å²) in [6.07, 6.45) is 5.12. The fourth-order valence-electron chi connectivity index (χ4n) is 3.91. The minimum Gasteiger partial charge on any atom is -0.422 e. The van der Waals surface area contributed by atoms with Gasteiger partial charge in [-0.1, -0.05) is 41.9 Å². The Morgan fingerprint density at radius 1 is 1.23 bits per heavy atom. The number of carbonyl (C=O) groups is 1. The molecule has 31 heavy (non-hydrogen) atoms. The number of ether oxygens (including phenoxy) is 1. The molecule has 1 unspecified atom stereocenters. The van der Waals surface area contributed by atoms with Gasteiger partial charge in [-0.25, -0.2) is 0 Å². The molecular formula is C23H26N4O4.